The minimum Gasteiger partial charge on any atom is -0.445 e. The van der Waals surface area contributed by atoms with Gasteiger partial charge in [0.05, 0.1) is 16.0 Å². The molecule has 1 atom stereocenters. The van der Waals surface area contributed by atoms with Crippen molar-refractivity contribution in [3.63, 3.8) is 0 Å². The lowest BCUT2D eigenvalue weighted by atomic mass is 9.94. The number of nitrogens with zero attached hydrogens (tertiary/aromatic N) is 5. The summed E-state index contributed by atoms with van der Waals surface area (Å²) in [6.45, 7) is 10.2. The normalized spacial score (nSPS) is 14.8. The number of carbonyl (C=O) groups excluding carboxylic acids is 1. The standard InChI is InChI=1S/C35H41N5O4/c1-3-21-38(35(41)44-26-27-14-16-31(17-15-27)40(42)43)30-19-23-37(24-20-30)22-18-29(28-10-6-5-7-11-28)25-39-33-13-9-8-12-32(33)36-34(39)4-2/h3,5-17,29-30H,1,4,18-26H2,2H3. The van der Waals surface area contributed by atoms with Crippen molar-refractivity contribution in [3.8, 4) is 0 Å². The second-order valence-electron chi connectivity index (χ2n) is 11.4. The maximum absolute atomic E-state index is 13.1. The van der Waals surface area contributed by atoms with Crippen LogP contribution < -0.4 is 0 Å². The SMILES string of the molecule is C=CCN(C(=O)OCc1ccc([N+](=O)[O-])cc1)C1CCN(CCC(Cn2c(CC)nc3ccccc32)c2ccccc2)CC1. The number of imidazole rings is 1. The van der Waals surface area contributed by atoms with Gasteiger partial charge in [0.1, 0.15) is 12.4 Å². The number of amides is 1. The van der Waals surface area contributed by atoms with Crippen molar-refractivity contribution in [2.24, 2.45) is 0 Å². The van der Waals surface area contributed by atoms with E-state index in [2.05, 4.69) is 71.5 Å². The molecule has 1 aromatic heterocycles. The summed E-state index contributed by atoms with van der Waals surface area (Å²) in [6.07, 6.45) is 4.99. The van der Waals surface area contributed by atoms with Crippen molar-refractivity contribution in [1.29, 1.82) is 0 Å². The van der Waals surface area contributed by atoms with E-state index in [1.165, 1.54) is 23.2 Å². The first-order chi connectivity index (χ1) is 21.5. The van der Waals surface area contributed by atoms with Crippen LogP contribution in [0.2, 0.25) is 0 Å². The number of piperidine rings is 1. The molecule has 1 saturated heterocycles. The van der Waals surface area contributed by atoms with E-state index < -0.39 is 4.92 Å². The number of carbonyl (C=O) groups is 1. The number of rotatable bonds is 13. The van der Waals surface area contributed by atoms with Crippen LogP contribution in [0.25, 0.3) is 11.0 Å². The first kappa shape index (κ1) is 30.9. The van der Waals surface area contributed by atoms with Crippen LogP contribution >= 0.6 is 0 Å². The molecule has 1 fully saturated rings. The lowest BCUT2D eigenvalue weighted by molar-refractivity contribution is -0.384. The molecule has 1 amide bonds. The Morgan fingerprint density at radius 2 is 1.80 bits per heavy atom. The highest BCUT2D eigenvalue weighted by Gasteiger charge is 2.29. The third-order valence-corrected chi connectivity index (χ3v) is 8.59. The molecule has 3 aromatic carbocycles. The largest absolute Gasteiger partial charge is 0.445 e. The lowest BCUT2D eigenvalue weighted by Gasteiger charge is -2.38. The summed E-state index contributed by atoms with van der Waals surface area (Å²) in [4.78, 5) is 32.7. The van der Waals surface area contributed by atoms with Crippen LogP contribution in [0.4, 0.5) is 10.5 Å². The van der Waals surface area contributed by atoms with Crippen molar-refractivity contribution < 1.29 is 14.5 Å². The Balaban J connectivity index is 1.18. The molecule has 4 aromatic rings. The summed E-state index contributed by atoms with van der Waals surface area (Å²) in [6, 6.07) is 25.3. The molecule has 9 nitrogen and oxygen atoms in total. The number of benzene rings is 3. The molecular weight excluding hydrogens is 554 g/mol. The zero-order valence-corrected chi connectivity index (χ0v) is 25.4. The van der Waals surface area contributed by atoms with E-state index in [1.807, 2.05) is 6.07 Å². The molecule has 2 heterocycles. The van der Waals surface area contributed by atoms with Gasteiger partial charge < -0.3 is 19.1 Å². The predicted octanol–water partition coefficient (Wildman–Crippen LogP) is 6.97. The number of aryl methyl sites for hydroxylation is 1. The summed E-state index contributed by atoms with van der Waals surface area (Å²) < 4.78 is 8.00. The molecule has 1 aliphatic heterocycles. The summed E-state index contributed by atoms with van der Waals surface area (Å²) in [5, 5.41) is 10.9. The van der Waals surface area contributed by atoms with Gasteiger partial charge in [0.2, 0.25) is 0 Å². The minimum atomic E-state index is -0.445. The fraction of sp³-hybridized carbons (Fsp3) is 0.371. The Morgan fingerprint density at radius 3 is 2.48 bits per heavy atom. The van der Waals surface area contributed by atoms with Crippen molar-refractivity contribution in [2.45, 2.75) is 57.7 Å². The average Bonchev–Trinajstić information content (AvgIpc) is 3.42. The fourth-order valence-corrected chi connectivity index (χ4v) is 6.15. The highest BCUT2D eigenvalue weighted by molar-refractivity contribution is 5.76. The Kier molecular flexibility index (Phi) is 10.4. The number of likely N-dealkylation sites (tertiary alicyclic amines) is 1. The second kappa shape index (κ2) is 14.8. The monoisotopic (exact) mass is 595 g/mol. The Morgan fingerprint density at radius 1 is 1.09 bits per heavy atom. The number of fused-ring (bicyclic) bond motifs is 1. The number of aromatic nitrogens is 2. The van der Waals surface area contributed by atoms with Crippen LogP contribution in [0.15, 0.2) is 91.5 Å². The molecule has 0 radical (unpaired) electrons. The number of hydrogen-bond acceptors (Lipinski definition) is 6. The maximum Gasteiger partial charge on any atom is 0.410 e. The molecule has 44 heavy (non-hydrogen) atoms. The van der Waals surface area contributed by atoms with Gasteiger partial charge in [0, 0.05) is 56.7 Å². The third-order valence-electron chi connectivity index (χ3n) is 8.59. The number of ether oxygens (including phenoxy) is 1. The maximum atomic E-state index is 13.1. The average molecular weight is 596 g/mol. The zero-order chi connectivity index (χ0) is 30.9. The van der Waals surface area contributed by atoms with Crippen molar-refractivity contribution in [3.05, 3.63) is 119 Å². The Labute approximate surface area is 258 Å². The molecule has 1 aliphatic rings. The van der Waals surface area contributed by atoms with Crippen molar-refractivity contribution in [2.75, 3.05) is 26.2 Å². The minimum absolute atomic E-state index is 0.0103. The van der Waals surface area contributed by atoms with Gasteiger partial charge in [-0.05, 0) is 61.2 Å². The summed E-state index contributed by atoms with van der Waals surface area (Å²) >= 11 is 0. The van der Waals surface area contributed by atoms with Gasteiger partial charge in [-0.1, -0.05) is 55.5 Å². The number of nitro benzene ring substituents is 1. The molecule has 9 heteroatoms. The van der Waals surface area contributed by atoms with Crippen LogP contribution in [0.5, 0.6) is 0 Å². The highest BCUT2D eigenvalue weighted by atomic mass is 16.6. The van der Waals surface area contributed by atoms with E-state index in [-0.39, 0.29) is 24.4 Å². The molecule has 0 aliphatic carbocycles. The Bertz CT molecular complexity index is 1540. The van der Waals surface area contributed by atoms with Gasteiger partial charge in [-0.15, -0.1) is 6.58 Å². The van der Waals surface area contributed by atoms with Gasteiger partial charge in [-0.2, -0.15) is 0 Å². The smallest absolute Gasteiger partial charge is 0.410 e. The summed E-state index contributed by atoms with van der Waals surface area (Å²) in [7, 11) is 0. The number of hydrogen-bond donors (Lipinski definition) is 0. The van der Waals surface area contributed by atoms with E-state index in [0.29, 0.717) is 18.0 Å². The van der Waals surface area contributed by atoms with Crippen LogP contribution in [-0.2, 0) is 24.3 Å². The van der Waals surface area contributed by atoms with Gasteiger partial charge in [0.25, 0.3) is 5.69 Å². The number of nitro groups is 1. The summed E-state index contributed by atoms with van der Waals surface area (Å²) in [5.74, 6) is 1.47. The summed E-state index contributed by atoms with van der Waals surface area (Å²) in [5.41, 5.74) is 4.30. The molecule has 0 N–H and O–H groups in total. The molecule has 0 spiro atoms. The van der Waals surface area contributed by atoms with E-state index in [9.17, 15) is 14.9 Å². The molecule has 5 rings (SSSR count). The molecule has 1 unspecified atom stereocenters. The van der Waals surface area contributed by atoms with E-state index in [4.69, 9.17) is 9.72 Å². The lowest BCUT2D eigenvalue weighted by Crippen LogP contribution is -2.47. The van der Waals surface area contributed by atoms with Gasteiger partial charge in [-0.3, -0.25) is 10.1 Å². The van der Waals surface area contributed by atoms with Crippen molar-refractivity contribution >= 4 is 22.8 Å². The number of non-ortho nitro benzene ring substituents is 1. The molecular formula is C35H41N5O4. The quantitative estimate of drug-likeness (QED) is 0.0941. The van der Waals surface area contributed by atoms with Crippen molar-refractivity contribution in [1.82, 2.24) is 19.4 Å². The van der Waals surface area contributed by atoms with Crippen LogP contribution in [0, 0.1) is 10.1 Å². The van der Waals surface area contributed by atoms with Gasteiger partial charge in [-0.25, -0.2) is 9.78 Å². The second-order valence-corrected chi connectivity index (χ2v) is 11.4. The Hall–Kier alpha value is -4.50. The van der Waals surface area contributed by atoms with E-state index in [0.717, 1.165) is 63.2 Å². The third kappa shape index (κ3) is 7.52. The molecule has 230 valence electrons. The van der Waals surface area contributed by atoms with Crippen LogP contribution in [0.3, 0.4) is 0 Å². The van der Waals surface area contributed by atoms with Crippen LogP contribution in [0.1, 0.15) is 49.1 Å². The first-order valence-corrected chi connectivity index (χ1v) is 15.5. The molecule has 0 saturated carbocycles. The van der Waals surface area contributed by atoms with E-state index in [1.54, 1.807) is 23.1 Å². The topological polar surface area (TPSA) is 93.7 Å². The van der Waals surface area contributed by atoms with Gasteiger partial charge in [0.15, 0.2) is 0 Å². The molecule has 0 bridgehead atoms. The van der Waals surface area contributed by atoms with Crippen LogP contribution in [-0.4, -0.2) is 62.6 Å². The fourth-order valence-electron chi connectivity index (χ4n) is 6.15. The highest BCUT2D eigenvalue weighted by Crippen LogP contribution is 2.27. The van der Waals surface area contributed by atoms with Gasteiger partial charge >= 0.3 is 6.09 Å². The first-order valence-electron chi connectivity index (χ1n) is 15.5. The number of para-hydroxylation sites is 2. The predicted molar refractivity (Wildman–Crippen MR) is 173 cm³/mol. The zero-order valence-electron chi connectivity index (χ0n) is 25.4. The van der Waals surface area contributed by atoms with E-state index >= 15 is 0 Å².